The fourth-order valence-electron chi connectivity index (χ4n) is 1.23. The van der Waals surface area contributed by atoms with Crippen molar-refractivity contribution in [2.24, 2.45) is 0 Å². The fourth-order valence-corrected chi connectivity index (χ4v) is 2.21. The second-order valence-corrected chi connectivity index (χ2v) is 8.01. The molecule has 0 aliphatic rings. The minimum atomic E-state index is -3.42. The average Bonchev–Trinajstić information content (AvgIpc) is 2.15. The molecule has 0 spiro atoms. The Kier molecular flexibility index (Phi) is 4.10. The molecule has 1 atom stereocenters. The standard InChI is InChI=1S/C12H18ClNO2S/c1-9(13)10-7-5-6-8-11(10)14-17(15,16)12(2,3)4/h5-9,14H,1-4H3. The van der Waals surface area contributed by atoms with E-state index < -0.39 is 14.8 Å². The van der Waals surface area contributed by atoms with Gasteiger partial charge in [-0.2, -0.15) is 0 Å². The number of nitrogens with one attached hydrogen (secondary N) is 1. The first kappa shape index (κ1) is 14.3. The number of hydrogen-bond donors (Lipinski definition) is 1. The topological polar surface area (TPSA) is 46.2 Å². The first-order valence-corrected chi connectivity index (χ1v) is 7.32. The van der Waals surface area contributed by atoms with Crippen LogP contribution in [-0.4, -0.2) is 13.2 Å². The summed E-state index contributed by atoms with van der Waals surface area (Å²) in [5.74, 6) is 0. The van der Waals surface area contributed by atoms with Crippen molar-refractivity contribution in [3.63, 3.8) is 0 Å². The van der Waals surface area contributed by atoms with Gasteiger partial charge < -0.3 is 0 Å². The Morgan fingerprint density at radius 3 is 2.24 bits per heavy atom. The molecule has 0 bridgehead atoms. The van der Waals surface area contributed by atoms with Crippen molar-refractivity contribution in [1.29, 1.82) is 0 Å². The van der Waals surface area contributed by atoms with Crippen LogP contribution in [0.1, 0.15) is 38.6 Å². The Morgan fingerprint density at radius 2 is 1.76 bits per heavy atom. The monoisotopic (exact) mass is 275 g/mol. The fraction of sp³-hybridized carbons (Fsp3) is 0.500. The van der Waals surface area contributed by atoms with Crippen LogP contribution in [0.4, 0.5) is 5.69 Å². The number of hydrogen-bond acceptors (Lipinski definition) is 2. The molecule has 1 aromatic carbocycles. The maximum atomic E-state index is 12.0. The lowest BCUT2D eigenvalue weighted by Gasteiger charge is -2.22. The van der Waals surface area contributed by atoms with E-state index in [1.807, 2.05) is 19.1 Å². The van der Waals surface area contributed by atoms with Crippen LogP contribution in [0.2, 0.25) is 0 Å². The Balaban J connectivity index is 3.13. The van der Waals surface area contributed by atoms with Gasteiger partial charge in [0.25, 0.3) is 0 Å². The predicted molar refractivity (Wildman–Crippen MR) is 73.0 cm³/mol. The summed E-state index contributed by atoms with van der Waals surface area (Å²) in [6.45, 7) is 6.78. The summed E-state index contributed by atoms with van der Waals surface area (Å²) in [6.07, 6.45) is 0. The quantitative estimate of drug-likeness (QED) is 0.858. The SMILES string of the molecule is CC(Cl)c1ccccc1NS(=O)(=O)C(C)(C)C. The first-order chi connectivity index (χ1) is 7.65. The Labute approximate surface area is 108 Å². The van der Waals surface area contributed by atoms with E-state index >= 15 is 0 Å². The lowest BCUT2D eigenvalue weighted by Crippen LogP contribution is -2.34. The molecular weight excluding hydrogens is 258 g/mol. The zero-order valence-electron chi connectivity index (χ0n) is 10.5. The summed E-state index contributed by atoms with van der Waals surface area (Å²) >= 11 is 6.02. The maximum Gasteiger partial charge on any atom is 0.237 e. The lowest BCUT2D eigenvalue weighted by atomic mass is 10.1. The number of halogens is 1. The van der Waals surface area contributed by atoms with Crippen LogP contribution in [0.5, 0.6) is 0 Å². The molecule has 0 saturated heterocycles. The third kappa shape index (κ3) is 3.36. The van der Waals surface area contributed by atoms with E-state index in [1.165, 1.54) is 0 Å². The van der Waals surface area contributed by atoms with E-state index in [1.54, 1.807) is 32.9 Å². The number of sulfonamides is 1. The van der Waals surface area contributed by atoms with E-state index in [0.717, 1.165) is 5.56 Å². The zero-order chi connectivity index (χ0) is 13.3. The molecule has 0 saturated carbocycles. The molecule has 1 aromatic rings. The molecule has 0 radical (unpaired) electrons. The molecule has 0 aliphatic carbocycles. The van der Waals surface area contributed by atoms with E-state index in [9.17, 15) is 8.42 Å². The molecule has 5 heteroatoms. The van der Waals surface area contributed by atoms with Crippen LogP contribution in [0.25, 0.3) is 0 Å². The second-order valence-electron chi connectivity index (χ2n) is 4.92. The van der Waals surface area contributed by atoms with Crippen molar-refractivity contribution in [2.45, 2.75) is 37.8 Å². The molecular formula is C12H18ClNO2S. The van der Waals surface area contributed by atoms with Gasteiger partial charge in [0, 0.05) is 0 Å². The summed E-state index contributed by atoms with van der Waals surface area (Å²) in [7, 11) is -3.42. The molecule has 0 fully saturated rings. The van der Waals surface area contributed by atoms with Crippen molar-refractivity contribution in [3.8, 4) is 0 Å². The highest BCUT2D eigenvalue weighted by Gasteiger charge is 2.29. The van der Waals surface area contributed by atoms with Crippen molar-refractivity contribution in [3.05, 3.63) is 29.8 Å². The first-order valence-electron chi connectivity index (χ1n) is 5.40. The van der Waals surface area contributed by atoms with Crippen molar-refractivity contribution in [2.75, 3.05) is 4.72 Å². The summed E-state index contributed by atoms with van der Waals surface area (Å²) in [5.41, 5.74) is 1.33. The van der Waals surface area contributed by atoms with Crippen LogP contribution in [-0.2, 0) is 10.0 Å². The molecule has 0 aliphatic heterocycles. The Bertz CT molecular complexity index is 489. The molecule has 96 valence electrons. The number of alkyl halides is 1. The van der Waals surface area contributed by atoms with Gasteiger partial charge in [0.15, 0.2) is 0 Å². The van der Waals surface area contributed by atoms with Crippen LogP contribution in [0, 0.1) is 0 Å². The van der Waals surface area contributed by atoms with Gasteiger partial charge in [-0.15, -0.1) is 11.6 Å². The van der Waals surface area contributed by atoms with Gasteiger partial charge in [0.1, 0.15) is 0 Å². The highest BCUT2D eigenvalue weighted by atomic mass is 35.5. The van der Waals surface area contributed by atoms with E-state index in [-0.39, 0.29) is 5.38 Å². The molecule has 3 nitrogen and oxygen atoms in total. The third-order valence-corrected chi connectivity index (χ3v) is 4.78. The number of rotatable bonds is 3. The second kappa shape index (κ2) is 4.86. The summed E-state index contributed by atoms with van der Waals surface area (Å²) in [4.78, 5) is 0. The van der Waals surface area contributed by atoms with Gasteiger partial charge in [-0.3, -0.25) is 4.72 Å². The molecule has 1 unspecified atom stereocenters. The molecule has 0 amide bonds. The van der Waals surface area contributed by atoms with E-state index in [2.05, 4.69) is 4.72 Å². The normalized spacial score (nSPS) is 14.4. The Morgan fingerprint density at radius 1 is 1.24 bits per heavy atom. The summed E-state index contributed by atoms with van der Waals surface area (Å²) in [6, 6.07) is 7.15. The maximum absolute atomic E-state index is 12.0. The predicted octanol–water partition coefficient (Wildman–Crippen LogP) is 3.53. The molecule has 1 rings (SSSR count). The molecule has 17 heavy (non-hydrogen) atoms. The van der Waals surface area contributed by atoms with Gasteiger partial charge in [-0.1, -0.05) is 18.2 Å². The number of benzene rings is 1. The largest absolute Gasteiger partial charge is 0.283 e. The van der Waals surface area contributed by atoms with E-state index in [4.69, 9.17) is 11.6 Å². The van der Waals surface area contributed by atoms with Crippen LogP contribution < -0.4 is 4.72 Å². The van der Waals surface area contributed by atoms with Gasteiger partial charge >= 0.3 is 0 Å². The van der Waals surface area contributed by atoms with Gasteiger partial charge in [-0.05, 0) is 39.3 Å². The molecule has 0 heterocycles. The van der Waals surface area contributed by atoms with Crippen LogP contribution in [0.3, 0.4) is 0 Å². The van der Waals surface area contributed by atoms with Crippen molar-refractivity contribution >= 4 is 27.3 Å². The third-order valence-electron chi connectivity index (χ3n) is 2.44. The Hall–Kier alpha value is -0.740. The van der Waals surface area contributed by atoms with Gasteiger partial charge in [0.05, 0.1) is 15.8 Å². The number of para-hydroxylation sites is 1. The highest BCUT2D eigenvalue weighted by molar-refractivity contribution is 7.94. The minimum Gasteiger partial charge on any atom is -0.283 e. The van der Waals surface area contributed by atoms with Gasteiger partial charge in [-0.25, -0.2) is 8.42 Å². The lowest BCUT2D eigenvalue weighted by molar-refractivity contribution is 0.566. The van der Waals surface area contributed by atoms with Crippen molar-refractivity contribution in [1.82, 2.24) is 0 Å². The van der Waals surface area contributed by atoms with Crippen LogP contribution in [0.15, 0.2) is 24.3 Å². The zero-order valence-corrected chi connectivity index (χ0v) is 12.1. The van der Waals surface area contributed by atoms with Gasteiger partial charge in [0.2, 0.25) is 10.0 Å². The van der Waals surface area contributed by atoms with Crippen molar-refractivity contribution < 1.29 is 8.42 Å². The summed E-state index contributed by atoms with van der Waals surface area (Å²) < 4.78 is 25.8. The average molecular weight is 276 g/mol. The van der Waals surface area contributed by atoms with E-state index in [0.29, 0.717) is 5.69 Å². The minimum absolute atomic E-state index is 0.242. The molecule has 0 aromatic heterocycles. The summed E-state index contributed by atoms with van der Waals surface area (Å²) in [5, 5.41) is -0.242. The van der Waals surface area contributed by atoms with Crippen LogP contribution >= 0.6 is 11.6 Å². The smallest absolute Gasteiger partial charge is 0.237 e. The molecule has 1 N–H and O–H groups in total. The number of anilines is 1. The highest BCUT2D eigenvalue weighted by Crippen LogP contribution is 2.29.